The fraction of sp³-hybridized carbons (Fsp3) is 0.609. The Bertz CT molecular complexity index is 756. The van der Waals surface area contributed by atoms with E-state index in [1.54, 1.807) is 24.3 Å². The lowest BCUT2D eigenvalue weighted by Crippen LogP contribution is -2.31. The second-order valence-electron chi connectivity index (χ2n) is 9.36. The number of ether oxygens (including phenoxy) is 1. The number of amides is 2. The monoisotopic (exact) mass is 400 g/mol. The summed E-state index contributed by atoms with van der Waals surface area (Å²) < 4.78 is 5.26. The lowest BCUT2D eigenvalue weighted by atomic mass is 9.70. The third-order valence-corrected chi connectivity index (χ3v) is 5.99. The Hall–Kier alpha value is -2.37. The van der Waals surface area contributed by atoms with Crippen molar-refractivity contribution in [2.24, 2.45) is 17.3 Å². The van der Waals surface area contributed by atoms with Crippen LogP contribution in [0, 0.1) is 17.3 Å². The fourth-order valence-corrected chi connectivity index (χ4v) is 3.92. The Morgan fingerprint density at radius 2 is 1.66 bits per heavy atom. The molecule has 2 amide bonds. The van der Waals surface area contributed by atoms with Gasteiger partial charge in [0.25, 0.3) is 11.8 Å². The maximum atomic E-state index is 12.3. The van der Waals surface area contributed by atoms with Gasteiger partial charge >= 0.3 is 5.97 Å². The van der Waals surface area contributed by atoms with Crippen molar-refractivity contribution < 1.29 is 19.1 Å². The molecule has 0 heterocycles. The zero-order valence-corrected chi connectivity index (χ0v) is 17.6. The highest BCUT2D eigenvalue weighted by atomic mass is 16.5. The van der Waals surface area contributed by atoms with Gasteiger partial charge in [-0.2, -0.15) is 0 Å². The summed E-state index contributed by atoms with van der Waals surface area (Å²) in [6.07, 6.45) is 5.64. The molecule has 158 valence electrons. The molecule has 0 bridgehead atoms. The number of benzene rings is 1. The summed E-state index contributed by atoms with van der Waals surface area (Å²) in [6.45, 7) is 6.38. The van der Waals surface area contributed by atoms with Gasteiger partial charge in [0.2, 0.25) is 0 Å². The minimum absolute atomic E-state index is 0.127. The predicted molar refractivity (Wildman–Crippen MR) is 111 cm³/mol. The minimum Gasteiger partial charge on any atom is -0.455 e. The van der Waals surface area contributed by atoms with Crippen molar-refractivity contribution in [2.75, 3.05) is 11.9 Å². The van der Waals surface area contributed by atoms with Crippen LogP contribution in [0.25, 0.3) is 0 Å². The topological polar surface area (TPSA) is 84.5 Å². The highest BCUT2D eigenvalue weighted by Crippen LogP contribution is 2.40. The van der Waals surface area contributed by atoms with Crippen molar-refractivity contribution in [1.82, 2.24) is 5.32 Å². The molecule has 2 N–H and O–H groups in total. The molecule has 0 radical (unpaired) electrons. The zero-order chi connectivity index (χ0) is 21.0. The number of hydrogen-bond donors (Lipinski definition) is 2. The van der Waals surface area contributed by atoms with Gasteiger partial charge in [-0.05, 0) is 62.0 Å². The molecule has 2 saturated carbocycles. The first kappa shape index (κ1) is 21.3. The number of anilines is 1. The quantitative estimate of drug-likeness (QED) is 0.709. The molecular weight excluding hydrogens is 368 g/mol. The molecule has 0 unspecified atom stereocenters. The van der Waals surface area contributed by atoms with Crippen LogP contribution < -0.4 is 10.6 Å². The Labute approximate surface area is 172 Å². The van der Waals surface area contributed by atoms with E-state index >= 15 is 0 Å². The van der Waals surface area contributed by atoms with Gasteiger partial charge in [0.1, 0.15) is 0 Å². The molecule has 6 heteroatoms. The van der Waals surface area contributed by atoms with Gasteiger partial charge in [-0.15, -0.1) is 0 Å². The molecule has 6 nitrogen and oxygen atoms in total. The summed E-state index contributed by atoms with van der Waals surface area (Å²) in [7, 11) is 0. The van der Waals surface area contributed by atoms with Crippen molar-refractivity contribution >= 4 is 23.5 Å². The maximum absolute atomic E-state index is 12.3. The average Bonchev–Trinajstić information content (AvgIpc) is 3.50. The summed E-state index contributed by atoms with van der Waals surface area (Å²) in [6, 6.07) is 7.09. The molecular formula is C23H32N2O4. The summed E-state index contributed by atoms with van der Waals surface area (Å²) in [4.78, 5) is 36.9. The van der Waals surface area contributed by atoms with E-state index in [9.17, 15) is 14.4 Å². The van der Waals surface area contributed by atoms with E-state index in [-0.39, 0.29) is 35.9 Å². The van der Waals surface area contributed by atoms with Gasteiger partial charge in [-0.3, -0.25) is 14.4 Å². The SMILES string of the molecule is CC(C)(C)C1CCC(C(=O)OCC(=O)Nc2ccccc2C(=O)NC2CC2)CC1. The van der Waals surface area contributed by atoms with Crippen molar-refractivity contribution in [3.05, 3.63) is 29.8 Å². The number of esters is 1. The molecule has 1 aromatic carbocycles. The normalized spacial score (nSPS) is 21.9. The molecule has 2 fully saturated rings. The van der Waals surface area contributed by atoms with Crippen LogP contribution in [0.2, 0.25) is 0 Å². The number of para-hydroxylation sites is 1. The maximum Gasteiger partial charge on any atom is 0.309 e. The standard InChI is InChI=1S/C23H32N2O4/c1-23(2,3)16-10-8-15(9-11-16)22(28)29-14-20(26)25-19-7-5-4-6-18(19)21(27)24-17-12-13-17/h4-7,15-17H,8-14H2,1-3H3,(H,24,27)(H,25,26). The van der Waals surface area contributed by atoms with Crippen LogP contribution in [0.15, 0.2) is 24.3 Å². The van der Waals surface area contributed by atoms with Gasteiger partial charge in [0.15, 0.2) is 6.61 Å². The van der Waals surface area contributed by atoms with Crippen molar-refractivity contribution in [2.45, 2.75) is 65.3 Å². The molecule has 0 atom stereocenters. The van der Waals surface area contributed by atoms with E-state index < -0.39 is 5.91 Å². The molecule has 0 aliphatic heterocycles. The number of nitrogens with one attached hydrogen (secondary N) is 2. The zero-order valence-electron chi connectivity index (χ0n) is 17.6. The molecule has 1 aromatic rings. The summed E-state index contributed by atoms with van der Waals surface area (Å²) in [5.74, 6) is -0.442. The van der Waals surface area contributed by atoms with E-state index in [1.807, 2.05) is 0 Å². The summed E-state index contributed by atoms with van der Waals surface area (Å²) in [5, 5.41) is 5.61. The summed E-state index contributed by atoms with van der Waals surface area (Å²) in [5.41, 5.74) is 1.10. The third-order valence-electron chi connectivity index (χ3n) is 5.99. The van der Waals surface area contributed by atoms with Crippen molar-refractivity contribution in [3.63, 3.8) is 0 Å². The van der Waals surface area contributed by atoms with Crippen LogP contribution in [0.5, 0.6) is 0 Å². The first-order valence-corrected chi connectivity index (χ1v) is 10.6. The fourth-order valence-electron chi connectivity index (χ4n) is 3.92. The third kappa shape index (κ3) is 6.05. The smallest absolute Gasteiger partial charge is 0.309 e. The van der Waals surface area contributed by atoms with Gasteiger partial charge in [-0.1, -0.05) is 32.9 Å². The van der Waals surface area contributed by atoms with E-state index in [0.29, 0.717) is 17.2 Å². The van der Waals surface area contributed by atoms with Crippen molar-refractivity contribution in [3.8, 4) is 0 Å². The van der Waals surface area contributed by atoms with Crippen LogP contribution in [0.3, 0.4) is 0 Å². The van der Waals surface area contributed by atoms with E-state index in [0.717, 1.165) is 38.5 Å². The van der Waals surface area contributed by atoms with Crippen LogP contribution >= 0.6 is 0 Å². The lowest BCUT2D eigenvalue weighted by molar-refractivity contribution is -0.153. The molecule has 3 rings (SSSR count). The first-order chi connectivity index (χ1) is 13.7. The second kappa shape index (κ2) is 8.97. The Morgan fingerprint density at radius 3 is 2.28 bits per heavy atom. The molecule has 0 aromatic heterocycles. The average molecular weight is 401 g/mol. The van der Waals surface area contributed by atoms with E-state index in [1.165, 1.54) is 0 Å². The highest BCUT2D eigenvalue weighted by molar-refractivity contribution is 6.04. The molecule has 2 aliphatic rings. The van der Waals surface area contributed by atoms with E-state index in [4.69, 9.17) is 4.74 Å². The Kier molecular flexibility index (Phi) is 6.60. The lowest BCUT2D eigenvalue weighted by Gasteiger charge is -2.36. The van der Waals surface area contributed by atoms with Crippen molar-refractivity contribution in [1.29, 1.82) is 0 Å². The largest absolute Gasteiger partial charge is 0.455 e. The molecule has 0 spiro atoms. The van der Waals surface area contributed by atoms with E-state index in [2.05, 4.69) is 31.4 Å². The number of rotatable bonds is 6. The minimum atomic E-state index is -0.437. The van der Waals surface area contributed by atoms with Gasteiger partial charge in [0.05, 0.1) is 17.2 Å². The second-order valence-corrected chi connectivity index (χ2v) is 9.36. The number of carbonyl (C=O) groups is 3. The number of hydrogen-bond acceptors (Lipinski definition) is 4. The van der Waals surface area contributed by atoms with Gasteiger partial charge < -0.3 is 15.4 Å². The van der Waals surface area contributed by atoms with Gasteiger partial charge in [-0.25, -0.2) is 0 Å². The predicted octanol–water partition coefficient (Wildman–Crippen LogP) is 3.91. The van der Waals surface area contributed by atoms with Crippen LogP contribution in [0.1, 0.15) is 69.7 Å². The van der Waals surface area contributed by atoms with Gasteiger partial charge in [0, 0.05) is 6.04 Å². The van der Waals surface area contributed by atoms with Crippen LogP contribution in [-0.4, -0.2) is 30.4 Å². The molecule has 29 heavy (non-hydrogen) atoms. The summed E-state index contributed by atoms with van der Waals surface area (Å²) >= 11 is 0. The first-order valence-electron chi connectivity index (χ1n) is 10.6. The number of carbonyl (C=O) groups excluding carboxylic acids is 3. The Balaban J connectivity index is 1.47. The molecule has 2 aliphatic carbocycles. The molecule has 0 saturated heterocycles. The van der Waals surface area contributed by atoms with Crippen LogP contribution in [0.4, 0.5) is 5.69 Å². The highest BCUT2D eigenvalue weighted by Gasteiger charge is 2.33. The van der Waals surface area contributed by atoms with Crippen LogP contribution in [-0.2, 0) is 14.3 Å². The Morgan fingerprint density at radius 1 is 1.00 bits per heavy atom.